The summed E-state index contributed by atoms with van der Waals surface area (Å²) in [6, 6.07) is 13.9. The number of hydrogen-bond acceptors (Lipinski definition) is 5. The zero-order chi connectivity index (χ0) is 19.1. The van der Waals surface area contributed by atoms with Gasteiger partial charge in [0.05, 0.1) is 19.5 Å². The lowest BCUT2D eigenvalue weighted by molar-refractivity contribution is 0.0945. The van der Waals surface area contributed by atoms with E-state index in [1.807, 2.05) is 24.3 Å². The molecule has 0 fully saturated rings. The van der Waals surface area contributed by atoms with Gasteiger partial charge < -0.3 is 15.4 Å². The van der Waals surface area contributed by atoms with Crippen LogP contribution in [0.2, 0.25) is 0 Å². The van der Waals surface area contributed by atoms with Crippen molar-refractivity contribution < 1.29 is 13.9 Å². The molecule has 2 N–H and O–H groups in total. The largest absolute Gasteiger partial charge is 0.496 e. The number of nitrogens with one attached hydrogen (secondary N) is 2. The van der Waals surface area contributed by atoms with Crippen LogP contribution in [0.3, 0.4) is 0 Å². The van der Waals surface area contributed by atoms with E-state index < -0.39 is 5.91 Å². The molecule has 0 aliphatic carbocycles. The molecule has 0 aliphatic rings. The third kappa shape index (κ3) is 4.78. The second-order valence-corrected chi connectivity index (χ2v) is 5.73. The van der Waals surface area contributed by atoms with Gasteiger partial charge in [-0.05, 0) is 12.1 Å². The number of amides is 1. The smallest absolute Gasteiger partial charge is 0.271 e. The summed E-state index contributed by atoms with van der Waals surface area (Å²) in [5.74, 6) is 0.537. The minimum atomic E-state index is -0.415. The Morgan fingerprint density at radius 3 is 2.44 bits per heavy atom. The molecule has 0 atom stereocenters. The maximum absolute atomic E-state index is 13.6. The highest BCUT2D eigenvalue weighted by molar-refractivity contribution is 5.91. The van der Waals surface area contributed by atoms with Crippen LogP contribution < -0.4 is 15.4 Å². The molecular formula is C20H19FN4O2. The van der Waals surface area contributed by atoms with Crippen molar-refractivity contribution in [2.45, 2.75) is 13.1 Å². The molecule has 0 aliphatic heterocycles. The number of benzene rings is 2. The highest BCUT2D eigenvalue weighted by Gasteiger charge is 2.09. The highest BCUT2D eigenvalue weighted by atomic mass is 19.1. The van der Waals surface area contributed by atoms with Crippen molar-refractivity contribution >= 4 is 11.7 Å². The lowest BCUT2D eigenvalue weighted by atomic mass is 10.2. The van der Waals surface area contributed by atoms with Gasteiger partial charge in [-0.25, -0.2) is 14.4 Å². The van der Waals surface area contributed by atoms with Crippen molar-refractivity contribution in [3.8, 4) is 5.75 Å². The number of rotatable bonds is 7. The van der Waals surface area contributed by atoms with Crippen LogP contribution in [-0.4, -0.2) is 23.0 Å². The van der Waals surface area contributed by atoms with Crippen molar-refractivity contribution in [1.29, 1.82) is 0 Å². The van der Waals surface area contributed by atoms with Crippen molar-refractivity contribution in [2.75, 3.05) is 12.4 Å². The summed E-state index contributed by atoms with van der Waals surface area (Å²) in [5.41, 5.74) is 1.55. The summed E-state index contributed by atoms with van der Waals surface area (Å²) in [4.78, 5) is 20.4. The molecule has 6 nitrogen and oxygen atoms in total. The van der Waals surface area contributed by atoms with Crippen molar-refractivity contribution in [2.24, 2.45) is 0 Å². The van der Waals surface area contributed by atoms with E-state index in [9.17, 15) is 9.18 Å². The summed E-state index contributed by atoms with van der Waals surface area (Å²) in [7, 11) is 1.62. The zero-order valence-electron chi connectivity index (χ0n) is 14.8. The van der Waals surface area contributed by atoms with Gasteiger partial charge in [-0.1, -0.05) is 36.4 Å². The average Bonchev–Trinajstić information content (AvgIpc) is 2.72. The fourth-order valence-electron chi connectivity index (χ4n) is 2.48. The molecule has 1 amide bonds. The second kappa shape index (κ2) is 8.75. The van der Waals surface area contributed by atoms with Gasteiger partial charge in [-0.15, -0.1) is 0 Å². The summed E-state index contributed by atoms with van der Waals surface area (Å²) >= 11 is 0. The molecule has 0 bridgehead atoms. The first kappa shape index (κ1) is 18.3. The van der Waals surface area contributed by atoms with Crippen LogP contribution >= 0.6 is 0 Å². The molecule has 0 saturated heterocycles. The Labute approximate surface area is 156 Å². The number of methoxy groups -OCH3 is 1. The lowest BCUT2D eigenvalue weighted by Gasteiger charge is -2.10. The second-order valence-electron chi connectivity index (χ2n) is 5.73. The van der Waals surface area contributed by atoms with E-state index in [-0.39, 0.29) is 18.1 Å². The predicted molar refractivity (Wildman–Crippen MR) is 99.9 cm³/mol. The maximum atomic E-state index is 13.6. The SMILES string of the molecule is COc1ccccc1CNc1cnc(C(=O)NCc2ccccc2F)cn1. The van der Waals surface area contributed by atoms with Gasteiger partial charge in [0.1, 0.15) is 23.1 Å². The van der Waals surface area contributed by atoms with Crippen LogP contribution in [0.5, 0.6) is 5.75 Å². The Hall–Kier alpha value is -3.48. The van der Waals surface area contributed by atoms with Crippen LogP contribution in [0.4, 0.5) is 10.2 Å². The molecule has 3 rings (SSSR count). The van der Waals surface area contributed by atoms with E-state index >= 15 is 0 Å². The highest BCUT2D eigenvalue weighted by Crippen LogP contribution is 2.18. The number of halogens is 1. The number of nitrogens with zero attached hydrogens (tertiary/aromatic N) is 2. The van der Waals surface area contributed by atoms with E-state index in [0.717, 1.165) is 11.3 Å². The molecule has 0 spiro atoms. The maximum Gasteiger partial charge on any atom is 0.271 e. The number of anilines is 1. The number of ether oxygens (including phenoxy) is 1. The van der Waals surface area contributed by atoms with E-state index in [1.165, 1.54) is 18.5 Å². The van der Waals surface area contributed by atoms with Crippen molar-refractivity contribution in [3.63, 3.8) is 0 Å². The molecule has 1 heterocycles. The van der Waals surface area contributed by atoms with Gasteiger partial charge in [0, 0.05) is 24.2 Å². The first-order valence-corrected chi connectivity index (χ1v) is 8.37. The molecule has 0 saturated carbocycles. The molecule has 0 unspecified atom stereocenters. The monoisotopic (exact) mass is 366 g/mol. The van der Waals surface area contributed by atoms with Gasteiger partial charge in [0.2, 0.25) is 0 Å². The van der Waals surface area contributed by atoms with Crippen LogP contribution in [0.1, 0.15) is 21.6 Å². The van der Waals surface area contributed by atoms with Gasteiger partial charge in [0.25, 0.3) is 5.91 Å². The minimum absolute atomic E-state index is 0.0843. The first-order chi connectivity index (χ1) is 13.2. The van der Waals surface area contributed by atoms with E-state index in [2.05, 4.69) is 20.6 Å². The predicted octanol–water partition coefficient (Wildman–Crippen LogP) is 3.17. The van der Waals surface area contributed by atoms with Crippen molar-refractivity contribution in [3.05, 3.63) is 83.6 Å². The Kier molecular flexibility index (Phi) is 5.94. The summed E-state index contributed by atoms with van der Waals surface area (Å²) in [6.45, 7) is 0.596. The van der Waals surface area contributed by atoms with Crippen LogP contribution in [0, 0.1) is 5.82 Å². The van der Waals surface area contributed by atoms with Gasteiger partial charge in [-0.2, -0.15) is 0 Å². The third-order valence-electron chi connectivity index (χ3n) is 3.93. The quantitative estimate of drug-likeness (QED) is 0.672. The Balaban J connectivity index is 1.56. The molecule has 3 aromatic rings. The standard InChI is InChI=1S/C20H19FN4O2/c1-27-18-9-5-3-7-15(18)11-23-19-13-22-17(12-24-19)20(26)25-10-14-6-2-4-8-16(14)21/h2-9,12-13H,10-11H2,1H3,(H,23,24)(H,25,26). The Morgan fingerprint density at radius 1 is 1.00 bits per heavy atom. The number of aromatic nitrogens is 2. The Bertz CT molecular complexity index is 916. The average molecular weight is 366 g/mol. The number of carbonyl (C=O) groups excluding carboxylic acids is 1. The van der Waals surface area contributed by atoms with Gasteiger partial charge >= 0.3 is 0 Å². The molecular weight excluding hydrogens is 347 g/mol. The Morgan fingerprint density at radius 2 is 1.74 bits per heavy atom. The molecule has 0 radical (unpaired) electrons. The molecule has 7 heteroatoms. The van der Waals surface area contributed by atoms with E-state index in [0.29, 0.717) is 17.9 Å². The zero-order valence-corrected chi connectivity index (χ0v) is 14.8. The summed E-state index contributed by atoms with van der Waals surface area (Å²) < 4.78 is 18.9. The third-order valence-corrected chi connectivity index (χ3v) is 3.93. The molecule has 27 heavy (non-hydrogen) atoms. The lowest BCUT2D eigenvalue weighted by Crippen LogP contribution is -2.24. The summed E-state index contributed by atoms with van der Waals surface area (Å²) in [6.07, 6.45) is 2.86. The number of para-hydroxylation sites is 1. The van der Waals surface area contributed by atoms with Crippen molar-refractivity contribution in [1.82, 2.24) is 15.3 Å². The van der Waals surface area contributed by atoms with Gasteiger partial charge in [0.15, 0.2) is 0 Å². The van der Waals surface area contributed by atoms with E-state index in [1.54, 1.807) is 25.3 Å². The van der Waals surface area contributed by atoms with Crippen LogP contribution in [-0.2, 0) is 13.1 Å². The van der Waals surface area contributed by atoms with E-state index in [4.69, 9.17) is 4.74 Å². The van der Waals surface area contributed by atoms with Crippen LogP contribution in [0.15, 0.2) is 60.9 Å². The van der Waals surface area contributed by atoms with Crippen LogP contribution in [0.25, 0.3) is 0 Å². The number of carbonyl (C=O) groups is 1. The fourth-order valence-corrected chi connectivity index (χ4v) is 2.48. The fraction of sp³-hybridized carbons (Fsp3) is 0.150. The number of hydrogen-bond donors (Lipinski definition) is 2. The summed E-state index contributed by atoms with van der Waals surface area (Å²) in [5, 5.41) is 5.76. The topological polar surface area (TPSA) is 76.1 Å². The minimum Gasteiger partial charge on any atom is -0.496 e. The molecule has 1 aromatic heterocycles. The van der Waals surface area contributed by atoms with Gasteiger partial charge in [-0.3, -0.25) is 4.79 Å². The molecule has 138 valence electrons. The molecule has 2 aromatic carbocycles. The first-order valence-electron chi connectivity index (χ1n) is 8.37. The normalized spacial score (nSPS) is 10.3.